The summed E-state index contributed by atoms with van der Waals surface area (Å²) in [4.78, 5) is -0.267. The van der Waals surface area contributed by atoms with Crippen molar-refractivity contribution in [1.82, 2.24) is 9.62 Å². The Kier molecular flexibility index (Phi) is 6.77. The molecule has 0 aliphatic heterocycles. The van der Waals surface area contributed by atoms with Crippen LogP contribution in [0.1, 0.15) is 5.56 Å². The van der Waals surface area contributed by atoms with E-state index < -0.39 is 15.8 Å². The predicted molar refractivity (Wildman–Crippen MR) is 72.1 cm³/mol. The van der Waals surface area contributed by atoms with E-state index in [0.29, 0.717) is 18.7 Å². The lowest BCUT2D eigenvalue weighted by molar-refractivity contribution is 0.459. The number of nitrogens with zero attached hydrogens (tertiary/aromatic N) is 1. The number of halogens is 2. The van der Waals surface area contributed by atoms with Crippen LogP contribution in [0.25, 0.3) is 0 Å². The molecule has 0 aliphatic carbocycles. The van der Waals surface area contributed by atoms with E-state index in [1.54, 1.807) is 20.0 Å². The second-order valence-corrected chi connectivity index (χ2v) is 5.88. The zero-order valence-corrected chi connectivity index (χ0v) is 12.2. The molecular formula is C11H18ClFN2O2S. The van der Waals surface area contributed by atoms with Gasteiger partial charge in [-0.2, -0.15) is 4.31 Å². The van der Waals surface area contributed by atoms with Gasteiger partial charge in [-0.05, 0) is 31.7 Å². The van der Waals surface area contributed by atoms with Gasteiger partial charge < -0.3 is 5.32 Å². The first kappa shape index (κ1) is 17.3. The lowest BCUT2D eigenvalue weighted by Crippen LogP contribution is -2.33. The van der Waals surface area contributed by atoms with Gasteiger partial charge in [0.05, 0.1) is 0 Å². The number of benzene rings is 1. The number of aryl methyl sites for hydroxylation is 1. The number of rotatable bonds is 5. The van der Waals surface area contributed by atoms with Gasteiger partial charge in [0.15, 0.2) is 0 Å². The zero-order valence-electron chi connectivity index (χ0n) is 10.6. The molecule has 0 atom stereocenters. The van der Waals surface area contributed by atoms with E-state index in [1.807, 2.05) is 0 Å². The number of hydrogen-bond acceptors (Lipinski definition) is 3. The van der Waals surface area contributed by atoms with Crippen molar-refractivity contribution in [2.24, 2.45) is 0 Å². The summed E-state index contributed by atoms with van der Waals surface area (Å²) in [5.74, 6) is -0.716. The van der Waals surface area contributed by atoms with Crippen LogP contribution in [0.5, 0.6) is 0 Å². The van der Waals surface area contributed by atoms with E-state index in [0.717, 1.165) is 4.31 Å². The van der Waals surface area contributed by atoms with Crippen molar-refractivity contribution in [1.29, 1.82) is 0 Å². The van der Waals surface area contributed by atoms with E-state index in [-0.39, 0.29) is 17.3 Å². The molecular weight excluding hydrogens is 279 g/mol. The van der Waals surface area contributed by atoms with Crippen LogP contribution in [0.3, 0.4) is 0 Å². The van der Waals surface area contributed by atoms with Crippen molar-refractivity contribution >= 4 is 22.4 Å². The van der Waals surface area contributed by atoms with E-state index in [9.17, 15) is 12.8 Å². The molecule has 1 rings (SSSR count). The monoisotopic (exact) mass is 296 g/mol. The SMILES string of the molecule is CNCCN(C)S(=O)(=O)c1cc(C)ccc1F.Cl. The van der Waals surface area contributed by atoms with Crippen LogP contribution in [0, 0.1) is 12.7 Å². The standard InChI is InChI=1S/C11H17FN2O2S.ClH/c1-9-4-5-10(12)11(8-9)17(15,16)14(3)7-6-13-2;/h4-5,8,13H,6-7H2,1-3H3;1H. The van der Waals surface area contributed by atoms with Gasteiger partial charge in [-0.25, -0.2) is 12.8 Å². The molecule has 1 aromatic carbocycles. The quantitative estimate of drug-likeness (QED) is 0.893. The summed E-state index contributed by atoms with van der Waals surface area (Å²) in [5, 5.41) is 2.85. The summed E-state index contributed by atoms with van der Waals surface area (Å²) in [5.41, 5.74) is 0.715. The van der Waals surface area contributed by atoms with Crippen molar-refractivity contribution in [3.63, 3.8) is 0 Å². The molecule has 0 aliphatic rings. The minimum atomic E-state index is -3.75. The van der Waals surface area contributed by atoms with Gasteiger partial charge in [0.2, 0.25) is 10.0 Å². The molecule has 0 saturated heterocycles. The number of sulfonamides is 1. The maximum Gasteiger partial charge on any atom is 0.245 e. The molecule has 7 heteroatoms. The van der Waals surface area contributed by atoms with Crippen molar-refractivity contribution in [2.45, 2.75) is 11.8 Å². The molecule has 0 aromatic heterocycles. The fourth-order valence-electron chi connectivity index (χ4n) is 1.37. The molecule has 0 spiro atoms. The first-order valence-corrected chi connectivity index (χ1v) is 6.70. The summed E-state index contributed by atoms with van der Waals surface area (Å²) in [6, 6.07) is 4.07. The van der Waals surface area contributed by atoms with Gasteiger partial charge in [-0.3, -0.25) is 0 Å². The molecule has 0 fully saturated rings. The molecule has 0 unspecified atom stereocenters. The average Bonchev–Trinajstić information content (AvgIpc) is 2.28. The maximum absolute atomic E-state index is 13.5. The molecule has 0 bridgehead atoms. The number of hydrogen-bond donors (Lipinski definition) is 1. The third kappa shape index (κ3) is 3.91. The third-order valence-electron chi connectivity index (χ3n) is 2.45. The molecule has 0 saturated carbocycles. The smallest absolute Gasteiger partial charge is 0.245 e. The van der Waals surface area contributed by atoms with Crippen LogP contribution in [0.4, 0.5) is 4.39 Å². The summed E-state index contributed by atoms with van der Waals surface area (Å²) in [6.07, 6.45) is 0. The Morgan fingerprint density at radius 2 is 2.00 bits per heavy atom. The van der Waals surface area contributed by atoms with Gasteiger partial charge in [0, 0.05) is 20.1 Å². The summed E-state index contributed by atoms with van der Waals surface area (Å²) in [7, 11) is -0.577. The van der Waals surface area contributed by atoms with Crippen LogP contribution in [0.2, 0.25) is 0 Å². The Bertz CT molecular complexity index is 494. The third-order valence-corrected chi connectivity index (χ3v) is 4.32. The topological polar surface area (TPSA) is 49.4 Å². The second kappa shape index (κ2) is 7.04. The highest BCUT2D eigenvalue weighted by Gasteiger charge is 2.23. The van der Waals surface area contributed by atoms with Crippen LogP contribution < -0.4 is 5.32 Å². The predicted octanol–water partition coefficient (Wildman–Crippen LogP) is 1.40. The summed E-state index contributed by atoms with van der Waals surface area (Å²) < 4.78 is 38.8. The van der Waals surface area contributed by atoms with Gasteiger partial charge in [0.1, 0.15) is 10.7 Å². The minimum absolute atomic E-state index is 0. The number of nitrogens with one attached hydrogen (secondary N) is 1. The average molecular weight is 297 g/mol. The first-order valence-electron chi connectivity index (χ1n) is 5.26. The number of likely N-dealkylation sites (N-methyl/N-ethyl adjacent to an activating group) is 2. The molecule has 1 aromatic rings. The highest BCUT2D eigenvalue weighted by atomic mass is 35.5. The van der Waals surface area contributed by atoms with Crippen LogP contribution >= 0.6 is 12.4 Å². The zero-order chi connectivity index (χ0) is 13.1. The van der Waals surface area contributed by atoms with Crippen molar-refractivity contribution in [3.05, 3.63) is 29.6 Å². The summed E-state index contributed by atoms with van der Waals surface area (Å²) >= 11 is 0. The van der Waals surface area contributed by atoms with Crippen molar-refractivity contribution in [3.8, 4) is 0 Å². The lowest BCUT2D eigenvalue weighted by atomic mass is 10.2. The Morgan fingerprint density at radius 1 is 1.39 bits per heavy atom. The molecule has 4 nitrogen and oxygen atoms in total. The van der Waals surface area contributed by atoms with E-state index in [4.69, 9.17) is 0 Å². The van der Waals surface area contributed by atoms with Gasteiger partial charge in [-0.15, -0.1) is 12.4 Å². The molecule has 18 heavy (non-hydrogen) atoms. The Morgan fingerprint density at radius 3 is 2.56 bits per heavy atom. The van der Waals surface area contributed by atoms with Crippen LogP contribution in [0.15, 0.2) is 23.1 Å². The Hall–Kier alpha value is -0.690. The van der Waals surface area contributed by atoms with Crippen LogP contribution in [-0.4, -0.2) is 39.9 Å². The fourth-order valence-corrected chi connectivity index (χ4v) is 2.68. The Labute approximate surface area is 114 Å². The molecule has 104 valence electrons. The minimum Gasteiger partial charge on any atom is -0.318 e. The van der Waals surface area contributed by atoms with Crippen LogP contribution in [-0.2, 0) is 10.0 Å². The van der Waals surface area contributed by atoms with E-state index in [2.05, 4.69) is 5.32 Å². The van der Waals surface area contributed by atoms with Crippen molar-refractivity contribution in [2.75, 3.05) is 27.2 Å². The molecule has 0 amide bonds. The fraction of sp³-hybridized carbons (Fsp3) is 0.455. The largest absolute Gasteiger partial charge is 0.318 e. The second-order valence-electron chi connectivity index (χ2n) is 3.86. The van der Waals surface area contributed by atoms with Gasteiger partial charge in [0.25, 0.3) is 0 Å². The molecule has 0 radical (unpaired) electrons. The van der Waals surface area contributed by atoms with Gasteiger partial charge in [-0.1, -0.05) is 6.07 Å². The Balaban J connectivity index is 0.00000289. The molecule has 1 N–H and O–H groups in total. The summed E-state index contributed by atoms with van der Waals surface area (Å²) in [6.45, 7) is 2.54. The molecule has 0 heterocycles. The highest BCUT2D eigenvalue weighted by Crippen LogP contribution is 2.19. The maximum atomic E-state index is 13.5. The van der Waals surface area contributed by atoms with Crippen molar-refractivity contribution < 1.29 is 12.8 Å². The first-order chi connectivity index (χ1) is 7.89. The normalized spacial score (nSPS) is 11.4. The lowest BCUT2D eigenvalue weighted by Gasteiger charge is -2.17. The van der Waals surface area contributed by atoms with E-state index >= 15 is 0 Å². The van der Waals surface area contributed by atoms with E-state index in [1.165, 1.54) is 19.2 Å². The highest BCUT2D eigenvalue weighted by molar-refractivity contribution is 7.89. The van der Waals surface area contributed by atoms with Gasteiger partial charge >= 0.3 is 0 Å².